The third-order valence-electron chi connectivity index (χ3n) is 8.61. The average Bonchev–Trinajstić information content (AvgIpc) is 3.32. The minimum Gasteiger partial charge on any atom is -0.386 e. The topological polar surface area (TPSA) is 49.9 Å². The lowest BCUT2D eigenvalue weighted by atomic mass is 9.89. The number of nitrogens with zero attached hydrogens (tertiary/aromatic N) is 2. The van der Waals surface area contributed by atoms with Crippen LogP contribution >= 0.6 is 0 Å². The summed E-state index contributed by atoms with van der Waals surface area (Å²) in [5.41, 5.74) is 11.1. The van der Waals surface area contributed by atoms with Gasteiger partial charge in [0.25, 0.3) is 0 Å². The molecule has 0 saturated carbocycles. The normalized spacial score (nSPS) is 14.2. The molecule has 0 atom stereocenters. The molecule has 0 amide bonds. The molecule has 1 heterocycles. The van der Waals surface area contributed by atoms with Crippen LogP contribution in [0.5, 0.6) is 0 Å². The first kappa shape index (κ1) is 33.3. The number of carbonyl (C=O) groups is 2. The number of rotatable bonds is 11. The van der Waals surface area contributed by atoms with E-state index in [-0.39, 0.29) is 0 Å². The SMILES string of the molecule is CCN(CC)c1ccc(/C=C/c2cc(/C=C/c3ccc(N(CC)CC)cc3)c(C)c(/C=C3/C(=O)OC(=O)C3=C(C)C)c2C)cc1. The van der Waals surface area contributed by atoms with Crippen LogP contribution in [0.2, 0.25) is 0 Å². The quantitative estimate of drug-likeness (QED) is 0.0948. The highest BCUT2D eigenvalue weighted by Gasteiger charge is 2.34. The second-order valence-electron chi connectivity index (χ2n) is 11.5. The lowest BCUT2D eigenvalue weighted by Crippen LogP contribution is -2.21. The molecule has 1 aliphatic heterocycles. The van der Waals surface area contributed by atoms with Gasteiger partial charge in [-0.1, -0.05) is 54.1 Å². The van der Waals surface area contributed by atoms with Crippen LogP contribution in [0.4, 0.5) is 11.4 Å². The summed E-state index contributed by atoms with van der Waals surface area (Å²) in [5.74, 6) is -1.19. The van der Waals surface area contributed by atoms with Gasteiger partial charge < -0.3 is 14.5 Å². The fraction of sp³-hybridized carbons (Fsp3) is 0.300. The Morgan fingerprint density at radius 2 is 1.07 bits per heavy atom. The van der Waals surface area contributed by atoms with Crippen molar-refractivity contribution in [2.45, 2.75) is 55.4 Å². The molecule has 1 fully saturated rings. The Hall–Kier alpha value is -4.64. The molecule has 0 N–H and O–H groups in total. The molecule has 4 rings (SSSR count). The van der Waals surface area contributed by atoms with Crippen molar-refractivity contribution in [3.8, 4) is 0 Å². The highest BCUT2D eigenvalue weighted by Crippen LogP contribution is 2.33. The van der Waals surface area contributed by atoms with E-state index < -0.39 is 11.9 Å². The predicted molar refractivity (Wildman–Crippen MR) is 191 cm³/mol. The van der Waals surface area contributed by atoms with Gasteiger partial charge in [-0.05, 0) is 131 Å². The second-order valence-corrected chi connectivity index (χ2v) is 11.5. The first-order chi connectivity index (χ1) is 21.6. The van der Waals surface area contributed by atoms with Crippen molar-refractivity contribution < 1.29 is 14.3 Å². The molecule has 3 aromatic rings. The summed E-state index contributed by atoms with van der Waals surface area (Å²) < 4.78 is 5.02. The van der Waals surface area contributed by atoms with Gasteiger partial charge in [0.1, 0.15) is 0 Å². The molecule has 1 aliphatic rings. The minimum atomic E-state index is -0.602. The number of allylic oxidation sites excluding steroid dienone is 1. The van der Waals surface area contributed by atoms with E-state index in [9.17, 15) is 9.59 Å². The summed E-state index contributed by atoms with van der Waals surface area (Å²) in [6.07, 6.45) is 10.3. The summed E-state index contributed by atoms with van der Waals surface area (Å²) in [4.78, 5) is 29.9. The molecule has 0 aliphatic carbocycles. The largest absolute Gasteiger partial charge is 0.386 e. The molecule has 234 valence electrons. The van der Waals surface area contributed by atoms with Gasteiger partial charge in [-0.3, -0.25) is 0 Å². The third-order valence-corrected chi connectivity index (χ3v) is 8.61. The van der Waals surface area contributed by atoms with E-state index in [1.165, 1.54) is 11.4 Å². The van der Waals surface area contributed by atoms with Crippen LogP contribution in [0.3, 0.4) is 0 Å². The van der Waals surface area contributed by atoms with Crippen molar-refractivity contribution in [1.29, 1.82) is 0 Å². The third kappa shape index (κ3) is 7.54. The Balaban J connectivity index is 1.79. The van der Waals surface area contributed by atoms with Crippen LogP contribution in [-0.2, 0) is 14.3 Å². The zero-order valence-electron chi connectivity index (χ0n) is 28.0. The monoisotopic (exact) mass is 602 g/mol. The molecule has 1 saturated heterocycles. The van der Waals surface area contributed by atoms with Crippen molar-refractivity contribution in [2.24, 2.45) is 0 Å². The van der Waals surface area contributed by atoms with Crippen molar-refractivity contribution in [3.63, 3.8) is 0 Å². The summed E-state index contributed by atoms with van der Waals surface area (Å²) >= 11 is 0. The molecule has 0 spiro atoms. The maximum atomic E-state index is 12.8. The maximum Gasteiger partial charge on any atom is 0.346 e. The van der Waals surface area contributed by atoms with Crippen LogP contribution < -0.4 is 9.80 Å². The fourth-order valence-corrected chi connectivity index (χ4v) is 5.83. The average molecular weight is 603 g/mol. The molecule has 0 bridgehead atoms. The van der Waals surface area contributed by atoms with Crippen molar-refractivity contribution in [2.75, 3.05) is 36.0 Å². The number of hydrogen-bond acceptors (Lipinski definition) is 5. The first-order valence-corrected chi connectivity index (χ1v) is 16.0. The van der Waals surface area contributed by atoms with Crippen LogP contribution in [0.25, 0.3) is 30.4 Å². The zero-order valence-corrected chi connectivity index (χ0v) is 28.0. The second kappa shape index (κ2) is 14.9. The van der Waals surface area contributed by atoms with Crippen LogP contribution in [0, 0.1) is 13.8 Å². The summed E-state index contributed by atoms with van der Waals surface area (Å²) in [6, 6.07) is 19.4. The van der Waals surface area contributed by atoms with E-state index >= 15 is 0 Å². The van der Waals surface area contributed by atoms with Gasteiger partial charge in [-0.25, -0.2) is 9.59 Å². The van der Waals surface area contributed by atoms with E-state index in [1.54, 1.807) is 0 Å². The number of benzene rings is 3. The van der Waals surface area contributed by atoms with Gasteiger partial charge in [0, 0.05) is 37.6 Å². The molecule has 5 nitrogen and oxygen atoms in total. The van der Waals surface area contributed by atoms with Crippen molar-refractivity contribution in [3.05, 3.63) is 110 Å². The van der Waals surface area contributed by atoms with Gasteiger partial charge in [0.2, 0.25) is 0 Å². The molecule has 0 unspecified atom stereocenters. The van der Waals surface area contributed by atoms with Gasteiger partial charge >= 0.3 is 11.9 Å². The molecule has 0 radical (unpaired) electrons. The van der Waals surface area contributed by atoms with Gasteiger partial charge in [-0.2, -0.15) is 0 Å². The Kier molecular flexibility index (Phi) is 11.0. The molecule has 5 heteroatoms. The molecule has 0 aromatic heterocycles. The molecular formula is C40H46N2O3. The van der Waals surface area contributed by atoms with Crippen LogP contribution in [0.1, 0.15) is 80.5 Å². The Morgan fingerprint density at radius 3 is 1.44 bits per heavy atom. The van der Waals surface area contributed by atoms with E-state index in [0.29, 0.717) is 11.1 Å². The van der Waals surface area contributed by atoms with Gasteiger partial charge in [0.05, 0.1) is 11.1 Å². The van der Waals surface area contributed by atoms with E-state index in [4.69, 9.17) is 4.74 Å². The predicted octanol–water partition coefficient (Wildman–Crippen LogP) is 9.14. The van der Waals surface area contributed by atoms with Crippen LogP contribution in [-0.4, -0.2) is 38.1 Å². The molecule has 3 aromatic carbocycles. The lowest BCUT2D eigenvalue weighted by molar-refractivity contribution is -0.149. The summed E-state index contributed by atoms with van der Waals surface area (Å²) in [6.45, 7) is 20.3. The van der Waals surface area contributed by atoms with Crippen LogP contribution in [0.15, 0.2) is 71.3 Å². The highest BCUT2D eigenvalue weighted by atomic mass is 16.6. The van der Waals surface area contributed by atoms with Crippen molar-refractivity contribution in [1.82, 2.24) is 0 Å². The number of carbonyl (C=O) groups excluding carboxylic acids is 2. The first-order valence-electron chi connectivity index (χ1n) is 16.0. The number of hydrogen-bond donors (Lipinski definition) is 0. The minimum absolute atomic E-state index is 0.307. The van der Waals surface area contributed by atoms with E-state index in [1.807, 2.05) is 19.9 Å². The molecular weight excluding hydrogens is 556 g/mol. The smallest absolute Gasteiger partial charge is 0.346 e. The van der Waals surface area contributed by atoms with E-state index in [2.05, 4.69) is 130 Å². The molecule has 45 heavy (non-hydrogen) atoms. The number of ether oxygens (including phenoxy) is 1. The highest BCUT2D eigenvalue weighted by molar-refractivity contribution is 6.20. The van der Waals surface area contributed by atoms with Gasteiger partial charge in [0.15, 0.2) is 0 Å². The number of anilines is 2. The Bertz CT molecular complexity index is 1570. The Morgan fingerprint density at radius 1 is 0.644 bits per heavy atom. The number of cyclic esters (lactones) is 2. The Labute approximate surface area is 269 Å². The summed E-state index contributed by atoms with van der Waals surface area (Å²) in [7, 11) is 0. The maximum absolute atomic E-state index is 12.8. The fourth-order valence-electron chi connectivity index (χ4n) is 5.83. The van der Waals surface area contributed by atoms with Gasteiger partial charge in [-0.15, -0.1) is 0 Å². The zero-order chi connectivity index (χ0) is 32.7. The summed E-state index contributed by atoms with van der Waals surface area (Å²) in [5, 5.41) is 0. The van der Waals surface area contributed by atoms with E-state index in [0.717, 1.165) is 70.7 Å². The standard InChI is InChI=1S/C40H46N2O3/c1-9-41(10-2)34-21-15-30(16-22-34)13-19-32-25-33(20-14-31-17-23-35(24-18-31)42(11-3)12-4)29(8)36(28(32)7)26-37-38(27(5)6)40(44)45-39(37)43/h13-26H,9-12H2,1-8H3/b19-13+,20-14+,37-26+. The number of esters is 2. The van der Waals surface area contributed by atoms with Crippen molar-refractivity contribution >= 4 is 53.7 Å². The lowest BCUT2D eigenvalue weighted by Gasteiger charge is -2.20.